The first-order valence-corrected chi connectivity index (χ1v) is 9.78. The Labute approximate surface area is 173 Å². The van der Waals surface area contributed by atoms with E-state index in [-0.39, 0.29) is 17.0 Å². The average Bonchev–Trinajstić information content (AvgIpc) is 3.45. The van der Waals surface area contributed by atoms with E-state index in [1.54, 1.807) is 18.2 Å². The number of carboxylic acid groups (broad SMARTS) is 1. The minimum absolute atomic E-state index is 0.0205. The number of nitrogens with zero attached hydrogens (tertiary/aromatic N) is 1. The van der Waals surface area contributed by atoms with Crippen LogP contribution in [0.25, 0.3) is 16.6 Å². The number of benzene rings is 1. The standard InChI is InChI=1S/C22H17F3N2O4/c23-16-9-27-18(14(10-1-2-10)6-15(20(27)28)21(29)30)19(31-22(24)25)17(16)11-3-4-12-7-26-8-13(12)5-11/h3-6,9-10,22,26H,1-2,7-8H2,(H,29,30). The van der Waals surface area contributed by atoms with Crippen LogP contribution in [-0.4, -0.2) is 22.1 Å². The molecule has 1 saturated carbocycles. The molecule has 160 valence electrons. The van der Waals surface area contributed by atoms with Crippen LogP contribution in [0.1, 0.15) is 45.8 Å². The summed E-state index contributed by atoms with van der Waals surface area (Å²) in [6.07, 6.45) is 2.27. The maximum absolute atomic E-state index is 15.3. The fraction of sp³-hybridized carbons (Fsp3) is 0.273. The van der Waals surface area contributed by atoms with Crippen molar-refractivity contribution < 1.29 is 27.8 Å². The maximum Gasteiger partial charge on any atom is 0.387 e. The van der Waals surface area contributed by atoms with Gasteiger partial charge in [0, 0.05) is 19.3 Å². The third kappa shape index (κ3) is 3.25. The molecule has 0 radical (unpaired) electrons. The molecule has 0 saturated heterocycles. The Balaban J connectivity index is 1.87. The van der Waals surface area contributed by atoms with Gasteiger partial charge in [0.1, 0.15) is 5.56 Å². The molecule has 2 aliphatic rings. The fourth-order valence-corrected chi connectivity index (χ4v) is 4.21. The second-order valence-electron chi connectivity index (χ2n) is 7.76. The highest BCUT2D eigenvalue weighted by atomic mass is 19.3. The lowest BCUT2D eigenvalue weighted by Gasteiger charge is -2.19. The van der Waals surface area contributed by atoms with E-state index < -0.39 is 35.3 Å². The zero-order valence-electron chi connectivity index (χ0n) is 16.1. The van der Waals surface area contributed by atoms with Crippen molar-refractivity contribution in [2.45, 2.75) is 38.5 Å². The molecule has 31 heavy (non-hydrogen) atoms. The third-order valence-electron chi connectivity index (χ3n) is 5.77. The number of hydrogen-bond donors (Lipinski definition) is 2. The summed E-state index contributed by atoms with van der Waals surface area (Å²) < 4.78 is 47.7. The van der Waals surface area contributed by atoms with Crippen LogP contribution in [0, 0.1) is 5.82 Å². The first-order chi connectivity index (χ1) is 14.8. The second kappa shape index (κ2) is 7.12. The second-order valence-corrected chi connectivity index (χ2v) is 7.76. The lowest BCUT2D eigenvalue weighted by atomic mass is 9.97. The van der Waals surface area contributed by atoms with E-state index in [9.17, 15) is 23.5 Å². The SMILES string of the molecule is O=C(O)c1cc(C2CC2)c2c(OC(F)F)c(-c3ccc4c(c3)CNC4)c(F)cn2c1=O. The molecule has 1 aliphatic carbocycles. The van der Waals surface area contributed by atoms with Crippen LogP contribution in [0.5, 0.6) is 5.75 Å². The van der Waals surface area contributed by atoms with Gasteiger partial charge in [0.2, 0.25) is 0 Å². The fourth-order valence-electron chi connectivity index (χ4n) is 4.21. The van der Waals surface area contributed by atoms with Gasteiger partial charge in [-0.05, 0) is 53.1 Å². The number of fused-ring (bicyclic) bond motifs is 2. The largest absolute Gasteiger partial charge is 0.477 e. The van der Waals surface area contributed by atoms with Gasteiger partial charge in [-0.25, -0.2) is 9.18 Å². The molecule has 0 unspecified atom stereocenters. The smallest absolute Gasteiger partial charge is 0.387 e. The van der Waals surface area contributed by atoms with Gasteiger partial charge in [-0.2, -0.15) is 8.78 Å². The molecule has 9 heteroatoms. The number of carbonyl (C=O) groups is 1. The van der Waals surface area contributed by atoms with E-state index in [1.165, 1.54) is 6.07 Å². The topological polar surface area (TPSA) is 80.0 Å². The Kier molecular flexibility index (Phi) is 4.51. The molecule has 1 aromatic carbocycles. The Morgan fingerprint density at radius 3 is 2.61 bits per heavy atom. The first kappa shape index (κ1) is 19.6. The molecule has 0 atom stereocenters. The monoisotopic (exact) mass is 430 g/mol. The number of aromatic nitrogens is 1. The number of aromatic carboxylic acids is 1. The molecular formula is C22H17F3N2O4. The van der Waals surface area contributed by atoms with E-state index in [0.29, 0.717) is 37.1 Å². The van der Waals surface area contributed by atoms with Gasteiger partial charge in [0.05, 0.1) is 11.1 Å². The third-order valence-corrected chi connectivity index (χ3v) is 5.77. The molecule has 0 amide bonds. The molecule has 0 spiro atoms. The summed E-state index contributed by atoms with van der Waals surface area (Å²) in [5.41, 5.74) is 0.925. The quantitative estimate of drug-likeness (QED) is 0.642. The normalized spacial score (nSPS) is 15.5. The van der Waals surface area contributed by atoms with Crippen LogP contribution >= 0.6 is 0 Å². The Morgan fingerprint density at radius 1 is 1.19 bits per heavy atom. The number of rotatable bonds is 5. The highest BCUT2D eigenvalue weighted by Gasteiger charge is 2.32. The number of hydrogen-bond acceptors (Lipinski definition) is 4. The minimum atomic E-state index is -3.26. The zero-order chi connectivity index (χ0) is 21.9. The predicted molar refractivity (Wildman–Crippen MR) is 105 cm³/mol. The number of alkyl halides is 2. The number of carboxylic acids is 1. The van der Waals surface area contributed by atoms with Crippen LogP contribution in [0.3, 0.4) is 0 Å². The molecule has 3 aromatic rings. The Hall–Kier alpha value is -3.33. The minimum Gasteiger partial charge on any atom is -0.477 e. The lowest BCUT2D eigenvalue weighted by molar-refractivity contribution is -0.0488. The van der Waals surface area contributed by atoms with Gasteiger partial charge in [0.25, 0.3) is 5.56 Å². The van der Waals surface area contributed by atoms with Crippen LogP contribution in [0.2, 0.25) is 0 Å². The number of nitrogens with one attached hydrogen (secondary N) is 1. The van der Waals surface area contributed by atoms with Gasteiger partial charge >= 0.3 is 12.6 Å². The molecule has 1 fully saturated rings. The molecule has 2 N–H and O–H groups in total. The van der Waals surface area contributed by atoms with E-state index in [2.05, 4.69) is 5.32 Å². The summed E-state index contributed by atoms with van der Waals surface area (Å²) in [4.78, 5) is 24.3. The number of ether oxygens (including phenoxy) is 1. The summed E-state index contributed by atoms with van der Waals surface area (Å²) in [5.74, 6) is -3.00. The molecule has 0 bridgehead atoms. The van der Waals surface area contributed by atoms with Crippen molar-refractivity contribution in [3.05, 3.63) is 68.9 Å². The van der Waals surface area contributed by atoms with E-state index in [1.807, 2.05) is 0 Å². The van der Waals surface area contributed by atoms with E-state index in [4.69, 9.17) is 4.74 Å². The van der Waals surface area contributed by atoms with Gasteiger partial charge in [-0.1, -0.05) is 12.1 Å². The van der Waals surface area contributed by atoms with Crippen molar-refractivity contribution in [2.24, 2.45) is 0 Å². The van der Waals surface area contributed by atoms with Gasteiger partial charge in [0.15, 0.2) is 11.6 Å². The van der Waals surface area contributed by atoms with Crippen molar-refractivity contribution in [2.75, 3.05) is 0 Å². The van der Waals surface area contributed by atoms with Gasteiger partial charge in [-0.3, -0.25) is 9.20 Å². The van der Waals surface area contributed by atoms with Gasteiger partial charge in [-0.15, -0.1) is 0 Å². The number of halogens is 3. The van der Waals surface area contributed by atoms with Crippen molar-refractivity contribution in [1.82, 2.24) is 9.72 Å². The van der Waals surface area contributed by atoms with Crippen molar-refractivity contribution >= 4 is 11.5 Å². The molecule has 6 nitrogen and oxygen atoms in total. The van der Waals surface area contributed by atoms with Crippen LogP contribution < -0.4 is 15.6 Å². The summed E-state index contributed by atoms with van der Waals surface area (Å²) in [7, 11) is 0. The van der Waals surface area contributed by atoms with Crippen molar-refractivity contribution in [1.29, 1.82) is 0 Å². The van der Waals surface area contributed by atoms with E-state index in [0.717, 1.165) is 21.7 Å². The summed E-state index contributed by atoms with van der Waals surface area (Å²) in [6, 6.07) is 6.33. The highest BCUT2D eigenvalue weighted by Crippen LogP contribution is 2.47. The van der Waals surface area contributed by atoms with Crippen molar-refractivity contribution in [3.8, 4) is 16.9 Å². The molecule has 3 heterocycles. The van der Waals surface area contributed by atoms with E-state index >= 15 is 4.39 Å². The summed E-state index contributed by atoms with van der Waals surface area (Å²) in [5, 5.41) is 12.6. The Bertz CT molecular complexity index is 1300. The molecule has 5 rings (SSSR count). The highest BCUT2D eigenvalue weighted by molar-refractivity contribution is 5.90. The first-order valence-electron chi connectivity index (χ1n) is 9.78. The molecule has 1 aliphatic heterocycles. The lowest BCUT2D eigenvalue weighted by Crippen LogP contribution is -2.24. The molecular weight excluding hydrogens is 413 g/mol. The Morgan fingerprint density at radius 2 is 1.94 bits per heavy atom. The summed E-state index contributed by atoms with van der Waals surface area (Å²) >= 11 is 0. The van der Waals surface area contributed by atoms with Crippen LogP contribution in [-0.2, 0) is 13.1 Å². The van der Waals surface area contributed by atoms with Crippen molar-refractivity contribution in [3.63, 3.8) is 0 Å². The molecule has 2 aromatic heterocycles. The van der Waals surface area contributed by atoms with Gasteiger partial charge < -0.3 is 15.2 Å². The zero-order valence-corrected chi connectivity index (χ0v) is 16.1. The summed E-state index contributed by atoms with van der Waals surface area (Å²) in [6.45, 7) is -2.03. The predicted octanol–water partition coefficient (Wildman–Crippen LogP) is 3.89. The van der Waals surface area contributed by atoms with Crippen LogP contribution in [0.4, 0.5) is 13.2 Å². The number of pyridine rings is 2. The van der Waals surface area contributed by atoms with Crippen LogP contribution in [0.15, 0.2) is 35.3 Å². The maximum atomic E-state index is 15.3. The average molecular weight is 430 g/mol.